The van der Waals surface area contributed by atoms with Crippen LogP contribution >= 0.6 is 22.6 Å². The van der Waals surface area contributed by atoms with Crippen LogP contribution in [0.25, 0.3) is 0 Å². The number of rotatable bonds is 4. The topological polar surface area (TPSA) is 72.3 Å². The summed E-state index contributed by atoms with van der Waals surface area (Å²) in [7, 11) is 0. The third-order valence-corrected chi connectivity index (χ3v) is 3.72. The zero-order chi connectivity index (χ0) is 15.6. The standard InChI is InChI=1S/C15H15IN2O3/c1-8(2)12-6-9(3)17-15(18-12)21-13-7-10(14(19)20)4-5-11(13)16/h4-8H,1-3H3,(H,19,20). The van der Waals surface area contributed by atoms with Gasteiger partial charge < -0.3 is 9.84 Å². The molecule has 0 spiro atoms. The van der Waals surface area contributed by atoms with E-state index in [9.17, 15) is 4.79 Å². The number of aryl methyl sites for hydroxylation is 1. The molecule has 0 atom stereocenters. The summed E-state index contributed by atoms with van der Waals surface area (Å²) in [5, 5.41) is 9.04. The Bertz CT molecular complexity index is 687. The van der Waals surface area contributed by atoms with Gasteiger partial charge in [0.2, 0.25) is 0 Å². The Morgan fingerprint density at radius 2 is 2.00 bits per heavy atom. The molecule has 0 unspecified atom stereocenters. The quantitative estimate of drug-likeness (QED) is 0.789. The molecule has 0 saturated carbocycles. The Labute approximate surface area is 136 Å². The maximum atomic E-state index is 11.0. The van der Waals surface area contributed by atoms with Crippen LogP contribution in [-0.2, 0) is 0 Å². The number of halogens is 1. The summed E-state index contributed by atoms with van der Waals surface area (Å²) in [4.78, 5) is 19.6. The predicted molar refractivity (Wildman–Crippen MR) is 87.1 cm³/mol. The average Bonchev–Trinajstić information content (AvgIpc) is 2.40. The second-order valence-corrected chi connectivity index (χ2v) is 6.09. The Morgan fingerprint density at radius 1 is 1.29 bits per heavy atom. The molecule has 1 N–H and O–H groups in total. The van der Waals surface area contributed by atoms with E-state index in [-0.39, 0.29) is 17.5 Å². The van der Waals surface area contributed by atoms with Crippen molar-refractivity contribution in [3.8, 4) is 11.8 Å². The number of benzene rings is 1. The first kappa shape index (κ1) is 15.7. The molecule has 2 rings (SSSR count). The van der Waals surface area contributed by atoms with Crippen molar-refractivity contribution in [1.82, 2.24) is 9.97 Å². The minimum Gasteiger partial charge on any atom is -0.478 e. The number of hydrogen-bond donors (Lipinski definition) is 1. The van der Waals surface area contributed by atoms with Gasteiger partial charge in [0.05, 0.1) is 14.8 Å². The molecular weight excluding hydrogens is 383 g/mol. The minimum absolute atomic E-state index is 0.169. The molecule has 0 aliphatic rings. The third kappa shape index (κ3) is 3.90. The van der Waals surface area contributed by atoms with E-state index in [1.165, 1.54) is 12.1 Å². The molecule has 2 aromatic rings. The van der Waals surface area contributed by atoms with Gasteiger partial charge >= 0.3 is 12.0 Å². The van der Waals surface area contributed by atoms with Crippen molar-refractivity contribution in [3.63, 3.8) is 0 Å². The number of carboxylic acid groups (broad SMARTS) is 1. The first-order valence-electron chi connectivity index (χ1n) is 6.43. The van der Waals surface area contributed by atoms with Crippen LogP contribution < -0.4 is 4.74 Å². The van der Waals surface area contributed by atoms with Crippen LogP contribution in [0.4, 0.5) is 0 Å². The minimum atomic E-state index is -0.996. The zero-order valence-corrected chi connectivity index (χ0v) is 14.1. The fourth-order valence-electron chi connectivity index (χ4n) is 1.72. The van der Waals surface area contributed by atoms with Crippen molar-refractivity contribution < 1.29 is 14.6 Å². The highest BCUT2D eigenvalue weighted by molar-refractivity contribution is 14.1. The van der Waals surface area contributed by atoms with Gasteiger partial charge in [-0.05, 0) is 59.7 Å². The fourth-order valence-corrected chi connectivity index (χ4v) is 2.16. The van der Waals surface area contributed by atoms with Crippen LogP contribution in [0.1, 0.15) is 41.5 Å². The van der Waals surface area contributed by atoms with E-state index in [0.717, 1.165) is 15.0 Å². The normalized spacial score (nSPS) is 10.7. The average molecular weight is 398 g/mol. The van der Waals surface area contributed by atoms with E-state index in [4.69, 9.17) is 9.84 Å². The fraction of sp³-hybridized carbons (Fsp3) is 0.267. The summed E-state index contributed by atoms with van der Waals surface area (Å²) in [5.41, 5.74) is 1.87. The second kappa shape index (κ2) is 6.38. The summed E-state index contributed by atoms with van der Waals surface area (Å²) in [6, 6.07) is 6.85. The monoisotopic (exact) mass is 398 g/mol. The van der Waals surface area contributed by atoms with Gasteiger partial charge in [0, 0.05) is 5.69 Å². The molecule has 110 valence electrons. The van der Waals surface area contributed by atoms with Crippen LogP contribution in [0.5, 0.6) is 11.8 Å². The Balaban J connectivity index is 2.38. The van der Waals surface area contributed by atoms with E-state index >= 15 is 0 Å². The lowest BCUT2D eigenvalue weighted by molar-refractivity contribution is 0.0696. The Hall–Kier alpha value is -1.70. The van der Waals surface area contributed by atoms with Crippen molar-refractivity contribution in [2.45, 2.75) is 26.7 Å². The number of ether oxygens (including phenoxy) is 1. The van der Waals surface area contributed by atoms with Gasteiger partial charge in [0.15, 0.2) is 0 Å². The summed E-state index contributed by atoms with van der Waals surface area (Å²) < 4.78 is 6.48. The van der Waals surface area contributed by atoms with Crippen LogP contribution in [0.2, 0.25) is 0 Å². The van der Waals surface area contributed by atoms with Gasteiger partial charge in [-0.25, -0.2) is 9.78 Å². The molecule has 0 bridgehead atoms. The van der Waals surface area contributed by atoms with Crippen molar-refractivity contribution in [3.05, 3.63) is 44.8 Å². The number of nitrogens with zero attached hydrogens (tertiary/aromatic N) is 2. The first-order chi connectivity index (χ1) is 9.86. The molecule has 1 heterocycles. The van der Waals surface area contributed by atoms with E-state index in [1.54, 1.807) is 6.07 Å². The smallest absolute Gasteiger partial charge is 0.335 e. The number of hydrogen-bond acceptors (Lipinski definition) is 4. The molecule has 1 aromatic heterocycles. The number of carbonyl (C=O) groups is 1. The molecule has 5 nitrogen and oxygen atoms in total. The van der Waals surface area contributed by atoms with E-state index in [1.807, 2.05) is 26.8 Å². The molecule has 0 amide bonds. The number of carboxylic acids is 1. The van der Waals surface area contributed by atoms with Gasteiger partial charge in [-0.15, -0.1) is 0 Å². The van der Waals surface area contributed by atoms with Crippen LogP contribution in [-0.4, -0.2) is 21.0 Å². The van der Waals surface area contributed by atoms with E-state index < -0.39 is 5.97 Å². The second-order valence-electron chi connectivity index (χ2n) is 4.92. The molecule has 0 radical (unpaired) electrons. The van der Waals surface area contributed by atoms with Crippen molar-refractivity contribution in [2.75, 3.05) is 0 Å². The van der Waals surface area contributed by atoms with Gasteiger partial charge in [-0.2, -0.15) is 4.98 Å². The first-order valence-corrected chi connectivity index (χ1v) is 7.51. The van der Waals surface area contributed by atoms with Crippen molar-refractivity contribution >= 4 is 28.6 Å². The molecule has 1 aromatic carbocycles. The summed E-state index contributed by atoms with van der Waals surface area (Å²) in [6.07, 6.45) is 0. The lowest BCUT2D eigenvalue weighted by atomic mass is 10.1. The molecule has 0 aliphatic heterocycles. The third-order valence-electron chi connectivity index (χ3n) is 2.82. The SMILES string of the molecule is Cc1cc(C(C)C)nc(Oc2cc(C(=O)O)ccc2I)n1. The van der Waals surface area contributed by atoms with Crippen LogP contribution in [0.15, 0.2) is 24.3 Å². The Kier molecular flexibility index (Phi) is 4.76. The van der Waals surface area contributed by atoms with Crippen molar-refractivity contribution in [2.24, 2.45) is 0 Å². The van der Waals surface area contributed by atoms with Gasteiger partial charge in [0.25, 0.3) is 0 Å². The molecular formula is C15H15IN2O3. The van der Waals surface area contributed by atoms with Gasteiger partial charge in [-0.1, -0.05) is 13.8 Å². The van der Waals surface area contributed by atoms with Gasteiger partial charge in [-0.3, -0.25) is 0 Å². The number of aromatic carboxylic acids is 1. The van der Waals surface area contributed by atoms with Crippen molar-refractivity contribution in [1.29, 1.82) is 0 Å². The molecule has 0 saturated heterocycles. The number of aromatic nitrogens is 2. The molecule has 21 heavy (non-hydrogen) atoms. The lowest BCUT2D eigenvalue weighted by Gasteiger charge is -2.10. The largest absolute Gasteiger partial charge is 0.478 e. The maximum absolute atomic E-state index is 11.0. The predicted octanol–water partition coefficient (Wildman–Crippen LogP) is 4.00. The summed E-state index contributed by atoms with van der Waals surface area (Å²) in [6.45, 7) is 5.96. The molecule has 6 heteroatoms. The highest BCUT2D eigenvalue weighted by Gasteiger charge is 2.12. The van der Waals surface area contributed by atoms with Gasteiger partial charge in [0.1, 0.15) is 5.75 Å². The summed E-state index contributed by atoms with van der Waals surface area (Å²) in [5.74, 6) is -0.293. The highest BCUT2D eigenvalue weighted by Crippen LogP contribution is 2.27. The van der Waals surface area contributed by atoms with E-state index in [2.05, 4.69) is 32.6 Å². The Morgan fingerprint density at radius 3 is 2.62 bits per heavy atom. The summed E-state index contributed by atoms with van der Waals surface area (Å²) >= 11 is 2.08. The lowest BCUT2D eigenvalue weighted by Crippen LogP contribution is -2.02. The highest BCUT2D eigenvalue weighted by atomic mass is 127. The van der Waals surface area contributed by atoms with E-state index in [0.29, 0.717) is 5.75 Å². The zero-order valence-electron chi connectivity index (χ0n) is 11.9. The molecule has 0 aliphatic carbocycles. The van der Waals surface area contributed by atoms with Crippen LogP contribution in [0, 0.1) is 10.5 Å². The maximum Gasteiger partial charge on any atom is 0.335 e. The molecule has 0 fully saturated rings. The van der Waals surface area contributed by atoms with Crippen LogP contribution in [0.3, 0.4) is 0 Å².